The van der Waals surface area contributed by atoms with E-state index in [1.54, 1.807) is 44.5 Å². The molecule has 0 unspecified atom stereocenters. The van der Waals surface area contributed by atoms with E-state index in [4.69, 9.17) is 40.8 Å². The largest absolute Gasteiger partial charge is 0.452 e. The van der Waals surface area contributed by atoms with Gasteiger partial charge in [-0.25, -0.2) is 34.3 Å². The molecule has 3 N–H and O–H groups in total. The second-order valence-electron chi connectivity index (χ2n) is 29.5. The predicted molar refractivity (Wildman–Crippen MR) is 409 cm³/mol. The molecule has 6 aliphatic rings. The average Bonchev–Trinajstić information content (AvgIpc) is 1.65. The number of fused-ring (bicyclic) bond motifs is 9. The number of aliphatic hydroxyl groups is 1. The third-order valence-corrected chi connectivity index (χ3v) is 23.0. The highest BCUT2D eigenvalue weighted by Gasteiger charge is 2.37. The number of nitrogens with one attached hydrogen (secondary N) is 2. The van der Waals surface area contributed by atoms with Gasteiger partial charge in [0.15, 0.2) is 0 Å². The number of amides is 3. The molecule has 6 atom stereocenters. The van der Waals surface area contributed by atoms with Crippen molar-refractivity contribution in [2.24, 2.45) is 11.8 Å². The number of hydrogen-bond acceptors (Lipinski definition) is 16. The summed E-state index contributed by atoms with van der Waals surface area (Å²) in [5.41, 5.74) is 14.1. The van der Waals surface area contributed by atoms with Gasteiger partial charge in [0.2, 0.25) is 0 Å². The third kappa shape index (κ3) is 16.2. The summed E-state index contributed by atoms with van der Waals surface area (Å²) in [5, 5.41) is 17.2. The molecule has 15 rings (SSSR count). The fourth-order valence-corrected chi connectivity index (χ4v) is 17.3. The Morgan fingerprint density at radius 2 is 1.18 bits per heavy atom. The molecule has 2 saturated carbocycles. The Bertz CT molecular complexity index is 4630. The highest BCUT2D eigenvalue weighted by molar-refractivity contribution is 6.29. The summed E-state index contributed by atoms with van der Waals surface area (Å²) in [5.74, 6) is 3.67. The van der Waals surface area contributed by atoms with E-state index >= 15 is 0 Å². The van der Waals surface area contributed by atoms with Gasteiger partial charge < -0.3 is 48.2 Å². The van der Waals surface area contributed by atoms with E-state index < -0.39 is 0 Å². The summed E-state index contributed by atoms with van der Waals surface area (Å²) in [7, 11) is 4.28. The first-order valence-electron chi connectivity index (χ1n) is 37.9. The number of hydrogen-bond donors (Lipinski definition) is 3. The lowest BCUT2D eigenvalue weighted by atomic mass is 9.83. The molecule has 9 heterocycles. The Labute approximate surface area is 619 Å². The minimum absolute atomic E-state index is 0.0182. The zero-order chi connectivity index (χ0) is 73.4. The van der Waals surface area contributed by atoms with Crippen LogP contribution in [-0.2, 0) is 77.2 Å². The molecule has 5 aromatic heterocycles. The van der Waals surface area contributed by atoms with Crippen molar-refractivity contribution in [1.82, 2.24) is 53.8 Å². The van der Waals surface area contributed by atoms with Crippen LogP contribution in [0.2, 0.25) is 5.15 Å². The van der Waals surface area contributed by atoms with Gasteiger partial charge in [-0.2, -0.15) is 0 Å². The number of imidazole rings is 3. The highest BCUT2D eigenvalue weighted by Crippen LogP contribution is 2.43. The number of aromatic nitrogens is 9. The first kappa shape index (κ1) is 74.3. The highest BCUT2D eigenvalue weighted by atomic mass is 35.5. The van der Waals surface area contributed by atoms with Gasteiger partial charge in [-0.05, 0) is 184 Å². The molecule has 24 heteroatoms. The molecule has 1 saturated heterocycles. The van der Waals surface area contributed by atoms with Gasteiger partial charge in [0, 0.05) is 129 Å². The topological polar surface area (TPSA) is 251 Å². The Balaban J connectivity index is 0.000000140. The van der Waals surface area contributed by atoms with Crippen molar-refractivity contribution in [3.8, 4) is 0 Å². The lowest BCUT2D eigenvalue weighted by molar-refractivity contribution is -0.122. The number of benzene rings is 4. The number of pyridine rings is 1. The minimum atomic E-state index is -0.358. The van der Waals surface area contributed by atoms with Gasteiger partial charge in [0.1, 0.15) is 28.4 Å². The van der Waals surface area contributed by atoms with Crippen LogP contribution in [0, 0.1) is 11.8 Å². The van der Waals surface area contributed by atoms with Gasteiger partial charge >= 0.3 is 18.3 Å². The van der Waals surface area contributed by atoms with E-state index in [-0.39, 0.29) is 66.3 Å². The number of ketones is 1. The Morgan fingerprint density at radius 1 is 0.600 bits per heavy atom. The van der Waals surface area contributed by atoms with Gasteiger partial charge in [-0.15, -0.1) is 0 Å². The second kappa shape index (κ2) is 33.6. The van der Waals surface area contributed by atoms with Crippen LogP contribution < -0.4 is 30.9 Å². The van der Waals surface area contributed by atoms with E-state index in [0.717, 1.165) is 207 Å². The van der Waals surface area contributed by atoms with Crippen LogP contribution in [0.15, 0.2) is 108 Å². The number of ether oxygens (including phenoxy) is 3. The van der Waals surface area contributed by atoms with Crippen molar-refractivity contribution in [2.75, 3.05) is 55.7 Å². The molecular weight excluding hydrogens is 1350 g/mol. The van der Waals surface area contributed by atoms with E-state index in [0.29, 0.717) is 42.5 Å². The number of aryl methyl sites for hydroxylation is 5. The summed E-state index contributed by atoms with van der Waals surface area (Å²) in [6.07, 6.45) is 22.9. The maximum absolute atomic E-state index is 12.6. The average molecular weight is 1450 g/mol. The van der Waals surface area contributed by atoms with Crippen LogP contribution in [0.4, 0.5) is 31.4 Å². The van der Waals surface area contributed by atoms with Crippen LogP contribution in [0.1, 0.15) is 169 Å². The van der Waals surface area contributed by atoms with E-state index in [1.165, 1.54) is 57.9 Å². The van der Waals surface area contributed by atoms with Gasteiger partial charge in [-0.3, -0.25) is 29.3 Å². The molecule has 4 aliphatic heterocycles. The monoisotopic (exact) mass is 1450 g/mol. The molecule has 0 spiro atoms. The third-order valence-electron chi connectivity index (χ3n) is 22.8. The van der Waals surface area contributed by atoms with E-state index in [9.17, 15) is 29.1 Å². The Hall–Kier alpha value is -9.03. The summed E-state index contributed by atoms with van der Waals surface area (Å²) in [4.78, 5) is 91.6. The van der Waals surface area contributed by atoms with Gasteiger partial charge in [-0.1, -0.05) is 60.8 Å². The van der Waals surface area contributed by atoms with Crippen LogP contribution in [0.3, 0.4) is 0 Å². The fourth-order valence-electron chi connectivity index (χ4n) is 17.1. The SMILES string of the molecule is COC(=O)N1c2ccc3c(nc(CCn4ccccc4=O)n3CCNC3CCC(CO)CC3)c2CC[C@@H]1C.COC(=O)N1c2ccc3c(nc(Cc4ccccc4)n3C[C@H]3CCCCN3)c2CC[C@@H]1C.COC(=O)N1c2ccc3c(nc(Cc4cncc(Cl)n4)n3[C@@H]3CCC[C@@H](C(C)=O)C3)c2CC[C@@H]1C. The molecule has 105 heavy (non-hydrogen) atoms. The number of aliphatic hydroxyl groups excluding tert-OH is 1. The van der Waals surface area contributed by atoms with Crippen molar-refractivity contribution in [3.63, 3.8) is 0 Å². The molecule has 0 bridgehead atoms. The summed E-state index contributed by atoms with van der Waals surface area (Å²) >= 11 is 6.11. The fraction of sp³-hybridized carbons (Fsp3) is 0.506. The van der Waals surface area contributed by atoms with E-state index in [1.807, 2.05) is 38.2 Å². The number of methoxy groups -OCH3 is 3. The molecule has 23 nitrogen and oxygen atoms in total. The van der Waals surface area contributed by atoms with Crippen LogP contribution in [0.25, 0.3) is 33.1 Å². The zero-order valence-electron chi connectivity index (χ0n) is 61.8. The van der Waals surface area contributed by atoms with Crippen molar-refractivity contribution in [3.05, 3.63) is 164 Å². The standard InChI is InChI=1S/C29H39N5O4.C26H30ClN5O3.C26H32N4O2/c1-20-6-11-23-24(34(20)29(37)38-2)12-13-25-28(23)31-26(14-17-32-16-4-3-5-27(32)36)33(25)18-15-30-22-9-7-21(19-35)8-10-22;1-15-7-8-20-21(31(15)26(34)35-3)9-10-22-25(20)30-24(12-18-13-28-14-23(27)29-18)32(22)19-6-4-5-17(11-19)16(2)33;1-18-11-12-21-22(30(18)26(31)32-2)13-14-23-25(21)28-24(16-19-8-4-3-5-9-19)29(23)17-20-10-6-7-15-27-20/h3-5,12-13,16,20-22,30,35H,6-11,14-15,17-19H2,1-2H3;9-10,13-15,17,19H,4-8,11-12H2,1-3H3;3-5,8-9,13-14,18,20,27H,6-7,10-12,15-17H2,1-2H3/t20-,21?,22?;15-,17+,19+;18-,20+/m000/s1. The Kier molecular flexibility index (Phi) is 23.8. The number of carbonyl (C=O) groups is 4. The first-order chi connectivity index (χ1) is 51.0. The molecule has 2 aliphatic carbocycles. The predicted octanol–water partition coefficient (Wildman–Crippen LogP) is 13.5. The number of halogens is 1. The Morgan fingerprint density at radius 3 is 1.75 bits per heavy atom. The van der Waals surface area contributed by atoms with Crippen LogP contribution in [-0.4, -0.2) is 144 Å². The van der Waals surface area contributed by atoms with Crippen molar-refractivity contribution in [1.29, 1.82) is 0 Å². The number of carbonyl (C=O) groups excluding carboxylic acids is 4. The molecule has 3 amide bonds. The van der Waals surface area contributed by atoms with E-state index in [2.05, 4.69) is 95.8 Å². The number of Topliss-reactive ketones (excluding diaryl/α,β-unsaturated/α-hetero) is 1. The number of piperidine rings is 1. The van der Waals surface area contributed by atoms with Crippen LogP contribution >= 0.6 is 11.6 Å². The molecular formula is C81H101ClN14O9. The smallest absolute Gasteiger partial charge is 0.414 e. The maximum atomic E-state index is 12.6. The van der Waals surface area contributed by atoms with Gasteiger partial charge in [0.05, 0.1) is 83.4 Å². The first-order valence-corrected chi connectivity index (χ1v) is 38.3. The number of rotatable bonds is 16. The van der Waals surface area contributed by atoms with Crippen molar-refractivity contribution < 1.29 is 38.5 Å². The lowest BCUT2D eigenvalue weighted by Crippen LogP contribution is -2.42. The maximum Gasteiger partial charge on any atom is 0.414 e. The normalized spacial score (nSPS) is 21.5. The van der Waals surface area contributed by atoms with Crippen molar-refractivity contribution >= 4 is 85.8 Å². The molecule has 4 aromatic carbocycles. The molecule has 556 valence electrons. The lowest BCUT2D eigenvalue weighted by Gasteiger charge is -2.34. The summed E-state index contributed by atoms with van der Waals surface area (Å²) in [6, 6.07) is 29.5. The quantitative estimate of drug-likeness (QED) is 0.0761. The van der Waals surface area contributed by atoms with Crippen molar-refractivity contribution in [2.45, 2.75) is 212 Å². The number of anilines is 3. The summed E-state index contributed by atoms with van der Waals surface area (Å²) in [6.45, 7) is 12.3. The number of nitrogens with zero attached hydrogens (tertiary/aromatic N) is 12. The second-order valence-corrected chi connectivity index (χ2v) is 29.9. The summed E-state index contributed by atoms with van der Waals surface area (Å²) < 4.78 is 24.0. The van der Waals surface area contributed by atoms with Crippen LogP contribution in [0.5, 0.6) is 0 Å². The zero-order valence-corrected chi connectivity index (χ0v) is 62.5. The molecule has 3 fully saturated rings. The van der Waals surface area contributed by atoms with Gasteiger partial charge in [0.25, 0.3) is 5.56 Å². The molecule has 0 radical (unpaired) electrons. The minimum Gasteiger partial charge on any atom is -0.452 e. The molecule has 9 aromatic rings.